The van der Waals surface area contributed by atoms with Crippen molar-refractivity contribution in [2.24, 2.45) is 0 Å². The molecule has 0 N–H and O–H groups in total. The Morgan fingerprint density at radius 3 is 1.57 bits per heavy atom. The number of para-hydroxylation sites is 2. The predicted molar refractivity (Wildman–Crippen MR) is 171 cm³/mol. The highest BCUT2D eigenvalue weighted by molar-refractivity contribution is 5.88. The number of ether oxygens (including phenoxy) is 1. The summed E-state index contributed by atoms with van der Waals surface area (Å²) in [6.45, 7) is 0. The molecule has 0 saturated carbocycles. The molecule has 7 aromatic rings. The zero-order chi connectivity index (χ0) is 29.1. The van der Waals surface area contributed by atoms with Crippen LogP contribution in [0.1, 0.15) is 22.3 Å². The van der Waals surface area contributed by atoms with Crippen molar-refractivity contribution in [2.75, 3.05) is 0 Å². The number of rotatable bonds is 3. The summed E-state index contributed by atoms with van der Waals surface area (Å²) in [5.74, 6) is 3.58. The first-order valence-electron chi connectivity index (χ1n) is 14.7. The Bertz CT molecular complexity index is 2110. The monoisotopic (exact) mass is 564 g/mol. The molecule has 5 nitrogen and oxygen atoms in total. The van der Waals surface area contributed by atoms with Crippen LogP contribution in [0.2, 0.25) is 0 Å². The van der Waals surface area contributed by atoms with E-state index in [1.165, 1.54) is 0 Å². The molecule has 1 spiro atoms. The standard InChI is InChI=1S/C39H24N4O/c1-3-12-25(13-4-1)36-41-37(26-14-5-2-6-15-26)43-38(42-36)27-21-22-28-32(24-27)39(31-18-11-23-40-35(28)31)29-16-7-9-19-33(29)44-34-20-10-8-17-30(34)39/h1-24H. The first kappa shape index (κ1) is 24.6. The Kier molecular flexibility index (Phi) is 5.34. The Balaban J connectivity index is 1.33. The zero-order valence-electron chi connectivity index (χ0n) is 23.6. The van der Waals surface area contributed by atoms with E-state index >= 15 is 0 Å². The molecule has 2 aliphatic rings. The maximum Gasteiger partial charge on any atom is 0.164 e. The molecule has 0 unspecified atom stereocenters. The quantitative estimate of drug-likeness (QED) is 0.215. The van der Waals surface area contributed by atoms with Gasteiger partial charge in [-0.2, -0.15) is 0 Å². The minimum atomic E-state index is -0.613. The van der Waals surface area contributed by atoms with E-state index in [1.54, 1.807) is 0 Å². The van der Waals surface area contributed by atoms with E-state index in [1.807, 2.05) is 85.1 Å². The number of pyridine rings is 1. The summed E-state index contributed by atoms with van der Waals surface area (Å²) >= 11 is 0. The highest BCUT2D eigenvalue weighted by atomic mass is 16.5. The molecule has 0 amide bonds. The van der Waals surface area contributed by atoms with Crippen molar-refractivity contribution in [1.29, 1.82) is 0 Å². The maximum atomic E-state index is 6.49. The molecule has 2 aromatic heterocycles. The number of hydrogen-bond acceptors (Lipinski definition) is 5. The zero-order valence-corrected chi connectivity index (χ0v) is 23.6. The highest BCUT2D eigenvalue weighted by Gasteiger charge is 2.51. The van der Waals surface area contributed by atoms with Crippen molar-refractivity contribution in [3.05, 3.63) is 168 Å². The van der Waals surface area contributed by atoms with Crippen molar-refractivity contribution in [3.63, 3.8) is 0 Å². The van der Waals surface area contributed by atoms with Gasteiger partial charge in [0, 0.05) is 39.6 Å². The number of nitrogens with zero attached hydrogens (tertiary/aromatic N) is 4. The van der Waals surface area contributed by atoms with Gasteiger partial charge in [0.05, 0.1) is 11.1 Å². The van der Waals surface area contributed by atoms with Crippen LogP contribution in [0.25, 0.3) is 45.4 Å². The first-order valence-corrected chi connectivity index (χ1v) is 14.7. The molecule has 0 saturated heterocycles. The van der Waals surface area contributed by atoms with Crippen LogP contribution in [0.4, 0.5) is 0 Å². The van der Waals surface area contributed by atoms with E-state index in [4.69, 9.17) is 24.7 Å². The minimum Gasteiger partial charge on any atom is -0.457 e. The van der Waals surface area contributed by atoms with E-state index in [9.17, 15) is 0 Å². The SMILES string of the molecule is c1ccc(-c2nc(-c3ccccc3)nc(-c3ccc4c(c3)C3(c5ccccc5Oc5ccccc53)c3cccnc3-4)n2)cc1. The van der Waals surface area contributed by atoms with Crippen LogP contribution in [0, 0.1) is 0 Å². The van der Waals surface area contributed by atoms with E-state index in [0.29, 0.717) is 17.5 Å². The summed E-state index contributed by atoms with van der Waals surface area (Å²) in [6, 6.07) is 47.6. The summed E-state index contributed by atoms with van der Waals surface area (Å²) in [5.41, 5.74) is 8.71. The molecule has 1 aliphatic carbocycles. The number of aromatic nitrogens is 4. The second-order valence-corrected chi connectivity index (χ2v) is 11.0. The molecule has 44 heavy (non-hydrogen) atoms. The Morgan fingerprint density at radius 2 is 0.955 bits per heavy atom. The molecule has 5 aromatic carbocycles. The van der Waals surface area contributed by atoms with Gasteiger partial charge in [0.25, 0.3) is 0 Å². The number of fused-ring (bicyclic) bond motifs is 9. The fraction of sp³-hybridized carbons (Fsp3) is 0.0256. The van der Waals surface area contributed by atoms with Gasteiger partial charge in [-0.15, -0.1) is 0 Å². The third-order valence-corrected chi connectivity index (χ3v) is 8.65. The minimum absolute atomic E-state index is 0.613. The third kappa shape index (κ3) is 3.53. The molecular formula is C39H24N4O. The molecule has 1 aliphatic heterocycles. The fourth-order valence-electron chi connectivity index (χ4n) is 6.78. The maximum absolute atomic E-state index is 6.49. The lowest BCUT2D eigenvalue weighted by atomic mass is 9.66. The van der Waals surface area contributed by atoms with E-state index in [0.717, 1.165) is 61.7 Å². The lowest BCUT2D eigenvalue weighted by Gasteiger charge is -2.39. The van der Waals surface area contributed by atoms with Gasteiger partial charge in [-0.05, 0) is 35.4 Å². The molecule has 3 heterocycles. The Hall–Kier alpha value is -5.94. The normalized spacial score (nSPS) is 13.4. The van der Waals surface area contributed by atoms with Crippen molar-refractivity contribution < 1.29 is 4.74 Å². The van der Waals surface area contributed by atoms with Crippen LogP contribution < -0.4 is 4.74 Å². The summed E-state index contributed by atoms with van der Waals surface area (Å²) < 4.78 is 6.49. The van der Waals surface area contributed by atoms with Crippen molar-refractivity contribution in [1.82, 2.24) is 19.9 Å². The molecule has 5 heteroatoms. The molecule has 0 radical (unpaired) electrons. The third-order valence-electron chi connectivity index (χ3n) is 8.65. The van der Waals surface area contributed by atoms with Gasteiger partial charge < -0.3 is 4.74 Å². The average Bonchev–Trinajstić information content (AvgIpc) is 3.39. The largest absolute Gasteiger partial charge is 0.457 e. The van der Waals surface area contributed by atoms with Crippen LogP contribution in [0.3, 0.4) is 0 Å². The predicted octanol–water partition coefficient (Wildman–Crippen LogP) is 8.74. The average molecular weight is 565 g/mol. The van der Waals surface area contributed by atoms with Crippen LogP contribution in [0.15, 0.2) is 146 Å². The van der Waals surface area contributed by atoms with Gasteiger partial charge in [-0.25, -0.2) is 15.0 Å². The van der Waals surface area contributed by atoms with Gasteiger partial charge in [0.15, 0.2) is 17.5 Å². The van der Waals surface area contributed by atoms with Crippen LogP contribution in [-0.2, 0) is 5.41 Å². The lowest BCUT2D eigenvalue weighted by Crippen LogP contribution is -2.32. The Morgan fingerprint density at radius 1 is 0.432 bits per heavy atom. The lowest BCUT2D eigenvalue weighted by molar-refractivity contribution is 0.436. The van der Waals surface area contributed by atoms with Gasteiger partial charge in [-0.3, -0.25) is 4.98 Å². The number of hydrogen-bond donors (Lipinski definition) is 0. The molecule has 0 fully saturated rings. The summed E-state index contributed by atoms with van der Waals surface area (Å²) in [5, 5.41) is 0. The van der Waals surface area contributed by atoms with E-state index in [-0.39, 0.29) is 0 Å². The molecule has 9 rings (SSSR count). The summed E-state index contributed by atoms with van der Waals surface area (Å²) in [7, 11) is 0. The molecule has 0 atom stereocenters. The first-order chi connectivity index (χ1) is 21.8. The fourth-order valence-corrected chi connectivity index (χ4v) is 6.78. The van der Waals surface area contributed by atoms with Gasteiger partial charge in [0.2, 0.25) is 0 Å². The van der Waals surface area contributed by atoms with Crippen molar-refractivity contribution in [2.45, 2.75) is 5.41 Å². The second-order valence-electron chi connectivity index (χ2n) is 11.0. The van der Waals surface area contributed by atoms with E-state index < -0.39 is 5.41 Å². The van der Waals surface area contributed by atoms with Crippen molar-refractivity contribution in [3.8, 4) is 56.9 Å². The molecule has 0 bridgehead atoms. The molecular weight excluding hydrogens is 540 g/mol. The summed E-state index contributed by atoms with van der Waals surface area (Å²) in [6.07, 6.45) is 1.87. The van der Waals surface area contributed by atoms with Crippen molar-refractivity contribution >= 4 is 0 Å². The van der Waals surface area contributed by atoms with E-state index in [2.05, 4.69) is 60.7 Å². The van der Waals surface area contributed by atoms with Gasteiger partial charge in [-0.1, -0.05) is 115 Å². The van der Waals surface area contributed by atoms with Crippen LogP contribution >= 0.6 is 0 Å². The van der Waals surface area contributed by atoms with Gasteiger partial charge in [0.1, 0.15) is 11.5 Å². The van der Waals surface area contributed by atoms with Gasteiger partial charge >= 0.3 is 0 Å². The number of benzene rings is 5. The Labute approximate surface area is 254 Å². The van der Waals surface area contributed by atoms with Crippen LogP contribution in [-0.4, -0.2) is 19.9 Å². The van der Waals surface area contributed by atoms with Crippen LogP contribution in [0.5, 0.6) is 11.5 Å². The smallest absolute Gasteiger partial charge is 0.164 e. The molecule has 206 valence electrons. The second kappa shape index (κ2) is 9.54. The topological polar surface area (TPSA) is 60.8 Å². The summed E-state index contributed by atoms with van der Waals surface area (Å²) in [4.78, 5) is 19.9. The highest BCUT2D eigenvalue weighted by Crippen LogP contribution is 2.61.